The fourth-order valence-corrected chi connectivity index (χ4v) is 14.5. The van der Waals surface area contributed by atoms with Crippen molar-refractivity contribution in [3.63, 3.8) is 0 Å². The molecule has 0 amide bonds. The summed E-state index contributed by atoms with van der Waals surface area (Å²) in [7, 11) is 0. The zero-order valence-corrected chi connectivity index (χ0v) is 31.6. The lowest BCUT2D eigenvalue weighted by atomic mass is 9.77. The Morgan fingerprint density at radius 1 is 0.450 bits per heavy atom. The maximum atomic E-state index is 7.09. The second kappa shape index (κ2) is 10.1. The van der Waals surface area contributed by atoms with Crippen LogP contribution in [0.25, 0.3) is 0 Å². The number of halogens is 14. The summed E-state index contributed by atoms with van der Waals surface area (Å²) in [6, 6.07) is 0. The Bertz CT molecular complexity index is 1280. The Balaban J connectivity index is 1.57. The lowest BCUT2D eigenvalue weighted by Gasteiger charge is -2.36. The number of alkyl halides is 10. The molecule has 0 N–H and O–H groups in total. The van der Waals surface area contributed by atoms with Crippen LogP contribution in [-0.4, -0.2) is 38.9 Å². The van der Waals surface area contributed by atoms with Gasteiger partial charge in [-0.1, -0.05) is 92.8 Å². The molecule has 8 atom stereocenters. The van der Waals surface area contributed by atoms with Crippen LogP contribution in [0.3, 0.4) is 0 Å². The second-order valence-electron chi connectivity index (χ2n) is 11.1. The smallest absolute Gasteiger partial charge is 0.120 e. The Labute approximate surface area is 304 Å². The van der Waals surface area contributed by atoms with Gasteiger partial charge in [-0.2, -0.15) is 0 Å². The van der Waals surface area contributed by atoms with Crippen molar-refractivity contribution in [3.8, 4) is 0 Å². The van der Waals surface area contributed by atoms with Gasteiger partial charge in [-0.3, -0.25) is 0 Å². The first-order valence-electron chi connectivity index (χ1n) is 12.0. The summed E-state index contributed by atoms with van der Waals surface area (Å²) in [5.74, 6) is -1.06. The van der Waals surface area contributed by atoms with E-state index in [1.165, 1.54) is 0 Å². The first-order valence-corrected chi connectivity index (χ1v) is 17.5. The topological polar surface area (TPSA) is 0 Å². The monoisotopic (exact) mass is 822 g/mol. The molecule has 4 aliphatic rings. The van der Waals surface area contributed by atoms with Crippen molar-refractivity contribution in [2.75, 3.05) is 0 Å². The molecule has 0 aromatic heterocycles. The van der Waals surface area contributed by atoms with Crippen molar-refractivity contribution in [2.24, 2.45) is 11.8 Å². The molecular weight excluding hydrogens is 809 g/mol. The van der Waals surface area contributed by atoms with Crippen LogP contribution in [0.4, 0.5) is 0 Å². The lowest BCUT2D eigenvalue weighted by Crippen LogP contribution is -2.45. The van der Waals surface area contributed by atoms with Gasteiger partial charge in [0.05, 0.1) is 30.9 Å². The van der Waals surface area contributed by atoms with Crippen LogP contribution in [0.5, 0.6) is 0 Å². The van der Waals surface area contributed by atoms with Crippen molar-refractivity contribution < 1.29 is 0 Å². The van der Waals surface area contributed by atoms with Crippen LogP contribution in [0, 0.1) is 39.5 Å². The van der Waals surface area contributed by atoms with Gasteiger partial charge < -0.3 is 0 Å². The fraction of sp³-hybridized carbons (Fsp3) is 0.615. The van der Waals surface area contributed by atoms with Gasteiger partial charge in [0.15, 0.2) is 8.67 Å². The number of fused-ring (bicyclic) bond motifs is 4. The Kier molecular flexibility index (Phi) is 8.64. The molecule has 40 heavy (non-hydrogen) atoms. The SMILES string of the molecule is Cc1c(C)c(CC2C(Cl)C3(Cl)C(Cl)=C(Cl)C2(Cl)C3(Cl)Cl)c(C)c(C)c1CC1C(Cl)C2(Cl)C(Cl)=C(Cl)C1(Cl)C2(Cl)Cl. The summed E-state index contributed by atoms with van der Waals surface area (Å²) in [6.45, 7) is 8.07. The van der Waals surface area contributed by atoms with Crippen LogP contribution in [0.15, 0.2) is 20.1 Å². The van der Waals surface area contributed by atoms with E-state index in [1.807, 2.05) is 27.7 Å². The van der Waals surface area contributed by atoms with Gasteiger partial charge in [0, 0.05) is 11.8 Å². The van der Waals surface area contributed by atoms with E-state index in [0.717, 1.165) is 33.4 Å². The maximum absolute atomic E-state index is 7.09. The zero-order valence-electron chi connectivity index (χ0n) is 21.0. The first-order chi connectivity index (χ1) is 18.0. The molecule has 0 spiro atoms. The summed E-state index contributed by atoms with van der Waals surface area (Å²) in [6.07, 6.45) is 0.797. The highest BCUT2D eigenvalue weighted by Crippen LogP contribution is 2.77. The summed E-state index contributed by atoms with van der Waals surface area (Å²) >= 11 is 94.9. The Morgan fingerprint density at radius 2 is 0.675 bits per heavy atom. The minimum atomic E-state index is -1.73. The molecule has 4 bridgehead atoms. The predicted octanol–water partition coefficient (Wildman–Crippen LogP) is 12.1. The largest absolute Gasteiger partial charge is 0.168 e. The Morgan fingerprint density at radius 3 is 0.900 bits per heavy atom. The van der Waals surface area contributed by atoms with Gasteiger partial charge >= 0.3 is 0 Å². The highest BCUT2D eigenvalue weighted by atomic mass is 35.5. The second-order valence-corrected chi connectivity index (χ2v) is 18.6. The molecule has 222 valence electrons. The van der Waals surface area contributed by atoms with Crippen molar-refractivity contribution in [3.05, 3.63) is 53.5 Å². The van der Waals surface area contributed by atoms with Crippen LogP contribution in [-0.2, 0) is 12.8 Å². The molecule has 0 aliphatic heterocycles. The average molecular weight is 829 g/mol. The predicted molar refractivity (Wildman–Crippen MR) is 180 cm³/mol. The van der Waals surface area contributed by atoms with Crippen LogP contribution >= 0.6 is 162 Å². The molecule has 1 aromatic carbocycles. The van der Waals surface area contributed by atoms with Crippen LogP contribution in [0.2, 0.25) is 0 Å². The van der Waals surface area contributed by atoms with E-state index in [4.69, 9.17) is 162 Å². The van der Waals surface area contributed by atoms with Crippen LogP contribution in [0.1, 0.15) is 33.4 Å². The summed E-state index contributed by atoms with van der Waals surface area (Å²) in [5.41, 5.74) is 6.07. The molecular formula is C26H20Cl14. The molecule has 4 aliphatic carbocycles. The molecule has 0 heterocycles. The van der Waals surface area contributed by atoms with Gasteiger partial charge in [0.25, 0.3) is 0 Å². The third kappa shape index (κ3) is 3.55. The van der Waals surface area contributed by atoms with E-state index >= 15 is 0 Å². The molecule has 2 fully saturated rings. The van der Waals surface area contributed by atoms with Gasteiger partial charge in [-0.25, -0.2) is 0 Å². The van der Waals surface area contributed by atoms with Crippen molar-refractivity contribution >= 4 is 162 Å². The Hall–Kier alpha value is 2.76. The highest BCUT2D eigenvalue weighted by Gasteiger charge is 2.83. The first kappa shape index (κ1) is 34.1. The van der Waals surface area contributed by atoms with E-state index < -0.39 is 50.8 Å². The number of hydrogen-bond donors (Lipinski definition) is 0. The van der Waals surface area contributed by atoms with E-state index in [1.54, 1.807) is 0 Å². The normalized spacial score (nSPS) is 43.0. The summed E-state index contributed by atoms with van der Waals surface area (Å²) in [4.78, 5) is -6.05. The van der Waals surface area contributed by atoms with Crippen molar-refractivity contribution in [1.29, 1.82) is 0 Å². The molecule has 14 heteroatoms. The third-order valence-corrected chi connectivity index (χ3v) is 19.9. The highest BCUT2D eigenvalue weighted by molar-refractivity contribution is 6.68. The van der Waals surface area contributed by atoms with Gasteiger partial charge in [-0.15, -0.1) is 69.6 Å². The van der Waals surface area contributed by atoms with E-state index in [2.05, 4.69) is 0 Å². The molecule has 0 nitrogen and oxygen atoms in total. The zero-order chi connectivity index (χ0) is 30.5. The van der Waals surface area contributed by atoms with Crippen LogP contribution < -0.4 is 0 Å². The molecule has 2 saturated carbocycles. The van der Waals surface area contributed by atoms with Crippen molar-refractivity contribution in [2.45, 2.75) is 79.5 Å². The summed E-state index contributed by atoms with van der Waals surface area (Å²) in [5, 5.41) is -1.23. The molecule has 8 unspecified atom stereocenters. The minimum Gasteiger partial charge on any atom is -0.120 e. The van der Waals surface area contributed by atoms with Gasteiger partial charge in [0.2, 0.25) is 0 Å². The molecule has 0 saturated heterocycles. The average Bonchev–Trinajstić information content (AvgIpc) is 3.19. The molecule has 5 rings (SSSR count). The fourth-order valence-electron chi connectivity index (χ4n) is 7.07. The maximum Gasteiger partial charge on any atom is 0.168 e. The summed E-state index contributed by atoms with van der Waals surface area (Å²) < 4.78 is -3.46. The molecule has 1 aromatic rings. The van der Waals surface area contributed by atoms with E-state index in [0.29, 0.717) is 12.8 Å². The van der Waals surface area contributed by atoms with Gasteiger partial charge in [-0.05, 0) is 73.9 Å². The van der Waals surface area contributed by atoms with Crippen molar-refractivity contribution in [1.82, 2.24) is 0 Å². The van der Waals surface area contributed by atoms with E-state index in [-0.39, 0.29) is 20.1 Å². The third-order valence-electron chi connectivity index (χ3n) is 9.76. The number of benzene rings is 1. The number of rotatable bonds is 4. The molecule has 0 radical (unpaired) electrons. The standard InChI is InChI=1S/C26H20Cl14/c1-7-8(2)12(6-14-16(28)24(36)20(32)18(30)22(14,34)26(24,39)40)10(4)9(3)11(7)5-13-15(27)23(35)19(31)17(29)21(13,33)25(23,37)38/h13-16H,5-6H2,1-4H3. The number of allylic oxidation sites excluding steroid dienone is 4. The van der Waals surface area contributed by atoms with E-state index in [9.17, 15) is 0 Å². The quantitative estimate of drug-likeness (QED) is 0.265. The number of hydrogen-bond acceptors (Lipinski definition) is 0. The lowest BCUT2D eigenvalue weighted by molar-refractivity contribution is 0.461. The van der Waals surface area contributed by atoms with Gasteiger partial charge in [0.1, 0.15) is 19.5 Å². The minimum absolute atomic E-state index is 0.0688.